The first kappa shape index (κ1) is 12.6. The van der Waals surface area contributed by atoms with E-state index in [0.717, 1.165) is 25.7 Å². The molecular weight excluding hydrogens is 230 g/mol. The maximum absolute atomic E-state index is 12.6. The molecule has 0 saturated heterocycles. The highest BCUT2D eigenvalue weighted by molar-refractivity contribution is 7.10. The highest BCUT2D eigenvalue weighted by atomic mass is 32.1. The van der Waals surface area contributed by atoms with Crippen LogP contribution in [0.1, 0.15) is 51.3 Å². The lowest BCUT2D eigenvalue weighted by molar-refractivity contribution is -0.128. The van der Waals surface area contributed by atoms with Crippen LogP contribution in [0.15, 0.2) is 17.5 Å². The Bertz CT molecular complexity index is 383. The molecule has 1 aromatic heterocycles. The van der Waals surface area contributed by atoms with Crippen LogP contribution in [0.4, 0.5) is 0 Å². The highest BCUT2D eigenvalue weighted by Gasteiger charge is 2.44. The van der Waals surface area contributed by atoms with Crippen molar-refractivity contribution in [1.29, 1.82) is 0 Å². The molecule has 1 amide bonds. The van der Waals surface area contributed by atoms with E-state index in [1.165, 1.54) is 4.88 Å². The first-order valence-corrected chi connectivity index (χ1v) is 7.19. The van der Waals surface area contributed by atoms with E-state index in [-0.39, 0.29) is 16.9 Å². The van der Waals surface area contributed by atoms with Crippen LogP contribution in [-0.4, -0.2) is 11.4 Å². The van der Waals surface area contributed by atoms with Crippen LogP contribution in [0, 0.1) is 0 Å². The average Bonchev–Trinajstić information content (AvgIpc) is 2.87. The Labute approximate surface area is 107 Å². The van der Waals surface area contributed by atoms with Crippen molar-refractivity contribution in [2.24, 2.45) is 0 Å². The molecule has 0 spiro atoms. The van der Waals surface area contributed by atoms with Crippen molar-refractivity contribution in [2.75, 3.05) is 0 Å². The molecule has 0 radical (unpaired) electrons. The fourth-order valence-electron chi connectivity index (χ4n) is 2.58. The molecule has 1 heterocycles. The lowest BCUT2D eigenvalue weighted by Crippen LogP contribution is -2.50. The molecule has 1 aliphatic carbocycles. The van der Waals surface area contributed by atoms with Crippen LogP contribution >= 0.6 is 11.3 Å². The number of carbonyl (C=O) groups is 1. The summed E-state index contributed by atoms with van der Waals surface area (Å²) in [6.07, 6.45) is 4.32. The van der Waals surface area contributed by atoms with E-state index >= 15 is 0 Å². The summed E-state index contributed by atoms with van der Waals surface area (Å²) in [5.41, 5.74) is -0.397. The molecule has 0 aromatic carbocycles. The van der Waals surface area contributed by atoms with Gasteiger partial charge in [-0.25, -0.2) is 0 Å². The summed E-state index contributed by atoms with van der Waals surface area (Å²) in [4.78, 5) is 13.8. The average molecular weight is 251 g/mol. The Hall–Kier alpha value is -0.830. The minimum Gasteiger partial charge on any atom is -0.351 e. The van der Waals surface area contributed by atoms with Crippen molar-refractivity contribution in [3.05, 3.63) is 22.4 Å². The van der Waals surface area contributed by atoms with Gasteiger partial charge in [0, 0.05) is 10.4 Å². The van der Waals surface area contributed by atoms with Crippen molar-refractivity contribution < 1.29 is 4.79 Å². The van der Waals surface area contributed by atoms with E-state index in [1.54, 1.807) is 11.3 Å². The number of nitrogens with one attached hydrogen (secondary N) is 1. The lowest BCUT2D eigenvalue weighted by atomic mass is 9.82. The van der Waals surface area contributed by atoms with Crippen molar-refractivity contribution >= 4 is 17.2 Å². The van der Waals surface area contributed by atoms with Crippen molar-refractivity contribution in [3.63, 3.8) is 0 Å². The number of rotatable bonds is 2. The zero-order chi connectivity index (χ0) is 12.5. The topological polar surface area (TPSA) is 29.1 Å². The molecule has 0 bridgehead atoms. The Balaban J connectivity index is 2.26. The number of carbonyl (C=O) groups excluding carboxylic acids is 1. The van der Waals surface area contributed by atoms with Crippen molar-refractivity contribution in [1.82, 2.24) is 5.32 Å². The van der Waals surface area contributed by atoms with Gasteiger partial charge in [0.15, 0.2) is 0 Å². The normalized spacial score (nSPS) is 19.2. The van der Waals surface area contributed by atoms with Crippen LogP contribution in [-0.2, 0) is 10.2 Å². The number of amides is 1. The van der Waals surface area contributed by atoms with Gasteiger partial charge in [-0.15, -0.1) is 11.3 Å². The van der Waals surface area contributed by atoms with Crippen LogP contribution in [0.3, 0.4) is 0 Å². The summed E-state index contributed by atoms with van der Waals surface area (Å²) in [5.74, 6) is 0.213. The second kappa shape index (κ2) is 4.45. The third-order valence-electron chi connectivity index (χ3n) is 3.37. The first-order valence-electron chi connectivity index (χ1n) is 6.31. The van der Waals surface area contributed by atoms with Gasteiger partial charge in [0.25, 0.3) is 0 Å². The maximum Gasteiger partial charge on any atom is 0.231 e. The molecule has 1 N–H and O–H groups in total. The molecule has 3 heteroatoms. The molecule has 2 rings (SSSR count). The van der Waals surface area contributed by atoms with E-state index in [9.17, 15) is 4.79 Å². The smallest absolute Gasteiger partial charge is 0.231 e. The third-order valence-corrected chi connectivity index (χ3v) is 4.45. The van der Waals surface area contributed by atoms with Crippen LogP contribution in [0.25, 0.3) is 0 Å². The quantitative estimate of drug-likeness (QED) is 0.856. The van der Waals surface area contributed by atoms with Crippen LogP contribution < -0.4 is 5.32 Å². The summed E-state index contributed by atoms with van der Waals surface area (Å²) in [7, 11) is 0. The van der Waals surface area contributed by atoms with Gasteiger partial charge in [-0.1, -0.05) is 18.9 Å². The zero-order valence-electron chi connectivity index (χ0n) is 10.9. The SMILES string of the molecule is CC(C)(C)NC(=O)C1(c2cccs2)CCCC1. The van der Waals surface area contributed by atoms with Gasteiger partial charge in [0.05, 0.1) is 5.41 Å². The highest BCUT2D eigenvalue weighted by Crippen LogP contribution is 2.43. The zero-order valence-corrected chi connectivity index (χ0v) is 11.7. The second-order valence-corrected chi connectivity index (χ2v) is 6.92. The molecule has 0 aliphatic heterocycles. The fraction of sp³-hybridized carbons (Fsp3) is 0.643. The van der Waals surface area contributed by atoms with E-state index in [4.69, 9.17) is 0 Å². The van der Waals surface area contributed by atoms with E-state index in [0.29, 0.717) is 0 Å². The summed E-state index contributed by atoms with van der Waals surface area (Å²) in [6.45, 7) is 6.13. The molecule has 0 unspecified atom stereocenters. The summed E-state index contributed by atoms with van der Waals surface area (Å²) in [5, 5.41) is 5.23. The van der Waals surface area contributed by atoms with Gasteiger partial charge >= 0.3 is 0 Å². The summed E-state index contributed by atoms with van der Waals surface area (Å²) < 4.78 is 0. The van der Waals surface area contributed by atoms with E-state index < -0.39 is 0 Å². The minimum absolute atomic E-state index is 0.149. The molecular formula is C14H21NOS. The van der Waals surface area contributed by atoms with Crippen LogP contribution in [0.5, 0.6) is 0 Å². The number of thiophene rings is 1. The van der Waals surface area contributed by atoms with Gasteiger partial charge in [0.1, 0.15) is 0 Å². The number of hydrogen-bond acceptors (Lipinski definition) is 2. The predicted octanol–water partition coefficient (Wildman–Crippen LogP) is 3.47. The molecule has 0 atom stereocenters. The fourth-order valence-corrected chi connectivity index (χ4v) is 3.56. The lowest BCUT2D eigenvalue weighted by Gasteiger charge is -2.31. The van der Waals surface area contributed by atoms with Crippen molar-refractivity contribution in [3.8, 4) is 0 Å². The number of hydrogen-bond donors (Lipinski definition) is 1. The molecule has 94 valence electrons. The first-order chi connectivity index (χ1) is 7.94. The molecule has 1 aromatic rings. The molecule has 1 saturated carbocycles. The largest absolute Gasteiger partial charge is 0.351 e. The van der Waals surface area contributed by atoms with E-state index in [2.05, 4.69) is 16.8 Å². The van der Waals surface area contributed by atoms with Gasteiger partial charge in [-0.3, -0.25) is 4.79 Å². The Morgan fingerprint density at radius 2 is 2.00 bits per heavy atom. The molecule has 1 fully saturated rings. The maximum atomic E-state index is 12.6. The third kappa shape index (κ3) is 2.54. The summed E-state index contributed by atoms with van der Waals surface area (Å²) >= 11 is 1.71. The second-order valence-electron chi connectivity index (χ2n) is 5.97. The van der Waals surface area contributed by atoms with E-state index in [1.807, 2.05) is 26.8 Å². The Morgan fingerprint density at radius 1 is 1.35 bits per heavy atom. The molecule has 2 nitrogen and oxygen atoms in total. The Kier molecular flexibility index (Phi) is 3.30. The van der Waals surface area contributed by atoms with Crippen molar-refractivity contribution in [2.45, 2.75) is 57.4 Å². The minimum atomic E-state index is -0.249. The van der Waals surface area contributed by atoms with Gasteiger partial charge in [-0.05, 0) is 45.1 Å². The predicted molar refractivity (Wildman–Crippen MR) is 72.4 cm³/mol. The molecule has 17 heavy (non-hydrogen) atoms. The standard InChI is InChI=1S/C14H21NOS/c1-13(2,3)15-12(16)14(8-4-5-9-14)11-7-6-10-17-11/h6-7,10H,4-5,8-9H2,1-3H3,(H,15,16). The van der Waals surface area contributed by atoms with Gasteiger partial charge in [-0.2, -0.15) is 0 Å². The van der Waals surface area contributed by atoms with Gasteiger partial charge in [0.2, 0.25) is 5.91 Å². The van der Waals surface area contributed by atoms with Crippen LogP contribution in [0.2, 0.25) is 0 Å². The monoisotopic (exact) mass is 251 g/mol. The molecule has 1 aliphatic rings. The summed E-state index contributed by atoms with van der Waals surface area (Å²) in [6, 6.07) is 4.16. The Morgan fingerprint density at radius 3 is 2.47 bits per heavy atom. The van der Waals surface area contributed by atoms with Gasteiger partial charge < -0.3 is 5.32 Å².